The predicted molar refractivity (Wildman–Crippen MR) is 14.4 cm³/mol. The summed E-state index contributed by atoms with van der Waals surface area (Å²) in [6, 6.07) is 0. The number of nitrogens with two attached hydrogens (primary N) is 2. The van der Waals surface area contributed by atoms with Crippen LogP contribution in [0.25, 0.3) is 12.3 Å². The molecule has 6 N–H and O–H groups in total. The molecule has 0 rings (SSSR count). The van der Waals surface area contributed by atoms with Gasteiger partial charge in [-0.05, 0) is 0 Å². The second-order valence-corrected chi connectivity index (χ2v) is 0. The molecule has 0 aromatic heterocycles. The van der Waals surface area contributed by atoms with Gasteiger partial charge in [-0.15, -0.1) is 0 Å². The molecule has 0 aromatic carbocycles. The molecule has 5 heteroatoms. The maximum absolute atomic E-state index is 0. The minimum Gasteiger partial charge on any atom is -0.870 e. The van der Waals surface area contributed by atoms with Crippen LogP contribution in [-0.4, -0.2) is 11.0 Å². The van der Waals surface area contributed by atoms with Gasteiger partial charge in [0.15, 0.2) is 0 Å². The fourth-order valence-electron chi connectivity index (χ4n) is 0. The van der Waals surface area contributed by atoms with Crippen molar-refractivity contribution in [3.05, 3.63) is 12.3 Å². The van der Waals surface area contributed by atoms with Gasteiger partial charge >= 0.3 is 21.1 Å². The summed E-state index contributed by atoms with van der Waals surface area (Å²) in [7, 11) is 0. The molecule has 0 atom stereocenters. The van der Waals surface area contributed by atoms with Gasteiger partial charge in [0.25, 0.3) is 0 Å². The largest absolute Gasteiger partial charge is 2.00 e. The van der Waals surface area contributed by atoms with Crippen LogP contribution in [-0.2, 0) is 21.1 Å². The van der Waals surface area contributed by atoms with E-state index in [1.165, 1.54) is 0 Å². The van der Waals surface area contributed by atoms with Crippen LogP contribution in [0.4, 0.5) is 0 Å². The minimum absolute atomic E-state index is 0. The SMILES string of the molecule is [NH2-].[NH2-].[OH-].[OH-].[Pt+2]. The molecule has 40 valence electrons. The van der Waals surface area contributed by atoms with Crippen molar-refractivity contribution in [2.24, 2.45) is 0 Å². The molecular formula is H6N2O2Pt-2. The predicted octanol–water partition coefficient (Wildman–Crippen LogP) is 1.08. The van der Waals surface area contributed by atoms with Gasteiger partial charge < -0.3 is 23.3 Å². The Morgan fingerprint density at radius 2 is 0.600 bits per heavy atom. The van der Waals surface area contributed by atoms with Crippen molar-refractivity contribution in [3.8, 4) is 0 Å². The zero-order valence-electron chi connectivity index (χ0n) is 2.37. The molecule has 0 bridgehead atoms. The summed E-state index contributed by atoms with van der Waals surface area (Å²) in [6.07, 6.45) is 0. The molecule has 0 spiro atoms. The third-order valence-corrected chi connectivity index (χ3v) is 0. The quantitative estimate of drug-likeness (QED) is 0.646. The Hall–Kier alpha value is 0.528. The van der Waals surface area contributed by atoms with Crippen molar-refractivity contribution in [2.45, 2.75) is 0 Å². The van der Waals surface area contributed by atoms with Crippen LogP contribution in [0.2, 0.25) is 0 Å². The molecule has 0 fully saturated rings. The Morgan fingerprint density at radius 1 is 0.600 bits per heavy atom. The van der Waals surface area contributed by atoms with E-state index >= 15 is 0 Å². The molecule has 0 saturated carbocycles. The summed E-state index contributed by atoms with van der Waals surface area (Å²) in [5.41, 5.74) is 0. The maximum atomic E-state index is 0. The Balaban J connectivity index is 0. The number of rotatable bonds is 0. The molecule has 0 aliphatic carbocycles. The topological polar surface area (TPSA) is 127 Å². The van der Waals surface area contributed by atoms with E-state index < -0.39 is 0 Å². The van der Waals surface area contributed by atoms with Crippen molar-refractivity contribution >= 4 is 0 Å². The third-order valence-electron chi connectivity index (χ3n) is 0. The molecule has 0 heterocycles. The van der Waals surface area contributed by atoms with E-state index in [0.29, 0.717) is 0 Å². The van der Waals surface area contributed by atoms with Gasteiger partial charge in [-0.2, -0.15) is 0 Å². The number of hydrogen-bond acceptors (Lipinski definition) is 2. The summed E-state index contributed by atoms with van der Waals surface area (Å²) >= 11 is 0. The van der Waals surface area contributed by atoms with Crippen LogP contribution in [0.3, 0.4) is 0 Å². The van der Waals surface area contributed by atoms with Crippen LogP contribution in [0.15, 0.2) is 0 Å². The minimum atomic E-state index is 0. The van der Waals surface area contributed by atoms with E-state index in [9.17, 15) is 0 Å². The molecule has 0 unspecified atom stereocenters. The maximum Gasteiger partial charge on any atom is 2.00 e. The van der Waals surface area contributed by atoms with Crippen molar-refractivity contribution in [3.63, 3.8) is 0 Å². The van der Waals surface area contributed by atoms with Gasteiger partial charge in [-0.3, -0.25) is 0 Å². The molecular weight excluding hydrogens is 255 g/mol. The normalized spacial score (nSPS) is 0. The first kappa shape index (κ1) is 406. The van der Waals surface area contributed by atoms with E-state index in [2.05, 4.69) is 0 Å². The van der Waals surface area contributed by atoms with Gasteiger partial charge in [-0.1, -0.05) is 0 Å². The average Bonchev–Trinajstić information content (AvgIpc) is 0. The zero-order chi connectivity index (χ0) is 0. The standard InChI is InChI=1S/2H2N.2H2O.Pt/h4*1H2;/q2*-1;;;+2/p-2. The van der Waals surface area contributed by atoms with Crippen LogP contribution in [0.1, 0.15) is 0 Å². The second-order valence-electron chi connectivity index (χ2n) is 0. The first-order chi connectivity index (χ1) is 0. The molecule has 0 aromatic rings. The van der Waals surface area contributed by atoms with Crippen LogP contribution >= 0.6 is 0 Å². The van der Waals surface area contributed by atoms with Crippen LogP contribution < -0.4 is 0 Å². The van der Waals surface area contributed by atoms with E-state index in [1.54, 1.807) is 0 Å². The average molecular weight is 261 g/mol. The monoisotopic (exact) mass is 261 g/mol. The van der Waals surface area contributed by atoms with Gasteiger partial charge in [-0.25, -0.2) is 0 Å². The van der Waals surface area contributed by atoms with Gasteiger partial charge in [0.1, 0.15) is 0 Å². The summed E-state index contributed by atoms with van der Waals surface area (Å²) in [4.78, 5) is 0. The van der Waals surface area contributed by atoms with Gasteiger partial charge in [0, 0.05) is 0 Å². The van der Waals surface area contributed by atoms with Crippen molar-refractivity contribution in [1.29, 1.82) is 0 Å². The second kappa shape index (κ2) is 202. The summed E-state index contributed by atoms with van der Waals surface area (Å²) in [5, 5.41) is 0. The molecule has 0 saturated heterocycles. The summed E-state index contributed by atoms with van der Waals surface area (Å²) in [5.74, 6) is 0. The summed E-state index contributed by atoms with van der Waals surface area (Å²) < 4.78 is 0. The first-order valence-corrected chi connectivity index (χ1v) is 0. The molecule has 5 heavy (non-hydrogen) atoms. The fourth-order valence-corrected chi connectivity index (χ4v) is 0. The van der Waals surface area contributed by atoms with E-state index in [1.807, 2.05) is 0 Å². The number of hydrogen-bond donors (Lipinski definition) is 0. The summed E-state index contributed by atoms with van der Waals surface area (Å²) in [6.45, 7) is 0. The van der Waals surface area contributed by atoms with E-state index in [0.717, 1.165) is 0 Å². The Bertz CT molecular complexity index is 7.61. The van der Waals surface area contributed by atoms with E-state index in [4.69, 9.17) is 0 Å². The molecule has 0 radical (unpaired) electrons. The van der Waals surface area contributed by atoms with Gasteiger partial charge in [0.2, 0.25) is 0 Å². The Labute approximate surface area is 45.0 Å². The molecule has 0 aliphatic heterocycles. The first-order valence-electron chi connectivity index (χ1n) is 0. The third kappa shape index (κ3) is 104. The zero-order valence-corrected chi connectivity index (χ0v) is 4.64. The van der Waals surface area contributed by atoms with Crippen LogP contribution in [0, 0.1) is 0 Å². The van der Waals surface area contributed by atoms with Crippen LogP contribution in [0.5, 0.6) is 0 Å². The Morgan fingerprint density at radius 3 is 0.600 bits per heavy atom. The molecule has 0 aliphatic rings. The van der Waals surface area contributed by atoms with E-state index in [-0.39, 0.29) is 44.3 Å². The van der Waals surface area contributed by atoms with Crippen molar-refractivity contribution in [2.75, 3.05) is 0 Å². The fraction of sp³-hybridized carbons (Fsp3) is 0. The Kier molecular flexibility index (Phi) is 16400. The van der Waals surface area contributed by atoms with Gasteiger partial charge in [0.05, 0.1) is 0 Å². The molecule has 0 amide bonds. The smallest absolute Gasteiger partial charge is 0.870 e. The van der Waals surface area contributed by atoms with Crippen molar-refractivity contribution in [1.82, 2.24) is 0 Å². The van der Waals surface area contributed by atoms with Crippen molar-refractivity contribution < 1.29 is 32.0 Å². The molecule has 4 nitrogen and oxygen atoms in total.